The molecular formula is C21H30F3N3O3. The van der Waals surface area contributed by atoms with Crippen LogP contribution in [0.3, 0.4) is 0 Å². The van der Waals surface area contributed by atoms with E-state index in [1.165, 1.54) is 21.0 Å². The van der Waals surface area contributed by atoms with Crippen molar-refractivity contribution in [1.29, 1.82) is 0 Å². The number of nitrogens with two attached hydrogens (primary N) is 1. The van der Waals surface area contributed by atoms with Gasteiger partial charge in [0.25, 0.3) is 0 Å². The molecule has 1 aromatic carbocycles. The van der Waals surface area contributed by atoms with Gasteiger partial charge in [-0.25, -0.2) is 4.79 Å². The minimum atomic E-state index is -4.73. The zero-order valence-corrected chi connectivity index (χ0v) is 18.2. The minimum absolute atomic E-state index is 0.122. The predicted octanol–water partition coefficient (Wildman–Crippen LogP) is 4.59. The topological polar surface area (TPSA) is 85.9 Å². The lowest BCUT2D eigenvalue weighted by Gasteiger charge is -2.29. The van der Waals surface area contributed by atoms with Crippen LogP contribution in [0.25, 0.3) is 0 Å². The molecular weight excluding hydrogens is 399 g/mol. The summed E-state index contributed by atoms with van der Waals surface area (Å²) in [5, 5.41) is 2.49. The largest absolute Gasteiger partial charge is 0.497 e. The Hall–Kier alpha value is -2.71. The maximum Gasteiger partial charge on any atom is 0.431 e. The molecule has 6 nitrogen and oxygen atoms in total. The lowest BCUT2D eigenvalue weighted by Crippen LogP contribution is -2.40. The number of halogens is 3. The Morgan fingerprint density at radius 2 is 1.70 bits per heavy atom. The van der Waals surface area contributed by atoms with Crippen LogP contribution in [0, 0.1) is 5.41 Å². The maximum atomic E-state index is 13.3. The Bertz CT molecular complexity index is 777. The molecule has 0 aliphatic rings. The van der Waals surface area contributed by atoms with Crippen LogP contribution in [-0.2, 0) is 11.3 Å². The highest BCUT2D eigenvalue weighted by molar-refractivity contribution is 5.82. The lowest BCUT2D eigenvalue weighted by molar-refractivity contribution is -0.0939. The highest BCUT2D eigenvalue weighted by atomic mass is 19.4. The van der Waals surface area contributed by atoms with Gasteiger partial charge in [-0.2, -0.15) is 13.2 Å². The molecule has 9 heteroatoms. The number of rotatable bonds is 7. The molecule has 0 aromatic heterocycles. The van der Waals surface area contributed by atoms with Crippen molar-refractivity contribution in [3.05, 3.63) is 41.1 Å². The van der Waals surface area contributed by atoms with Crippen LogP contribution in [0.15, 0.2) is 40.5 Å². The number of allylic oxidation sites excluding steroid dienone is 1. The molecule has 0 unspecified atom stereocenters. The molecule has 0 bridgehead atoms. The molecule has 0 radical (unpaired) electrons. The van der Waals surface area contributed by atoms with E-state index < -0.39 is 29.0 Å². The number of hydrogen-bond donors (Lipinski definition) is 2. The number of hydrogen-bond acceptors (Lipinski definition) is 5. The molecule has 30 heavy (non-hydrogen) atoms. The Kier molecular flexibility index (Phi) is 8.33. The first-order valence-electron chi connectivity index (χ1n) is 9.33. The van der Waals surface area contributed by atoms with Gasteiger partial charge in [-0.1, -0.05) is 26.0 Å². The first-order valence-corrected chi connectivity index (χ1v) is 9.33. The van der Waals surface area contributed by atoms with Crippen molar-refractivity contribution in [3.8, 4) is 5.75 Å². The number of alkyl carbamates (subject to hydrolysis) is 1. The number of carbonyl (C=O) groups excluding carboxylic acids is 1. The fourth-order valence-corrected chi connectivity index (χ4v) is 2.44. The second kappa shape index (κ2) is 9.86. The number of amides is 1. The third kappa shape index (κ3) is 8.34. The highest BCUT2D eigenvalue weighted by Crippen LogP contribution is 2.33. The van der Waals surface area contributed by atoms with E-state index in [1.807, 2.05) is 0 Å². The van der Waals surface area contributed by atoms with Crippen LogP contribution in [0.1, 0.15) is 40.2 Å². The summed E-state index contributed by atoms with van der Waals surface area (Å²) in [6.07, 6.45) is -4.34. The molecule has 1 rings (SSSR count). The molecule has 0 atom stereocenters. The van der Waals surface area contributed by atoms with E-state index in [2.05, 4.69) is 10.3 Å². The SMILES string of the molecule is COc1ccc(CN=CC(=C(N)C(F)(F)F)C(C)(C)CNC(=O)OC(C)(C)C)cc1. The van der Waals surface area contributed by atoms with Gasteiger partial charge in [-0.15, -0.1) is 0 Å². The van der Waals surface area contributed by atoms with Gasteiger partial charge < -0.3 is 20.5 Å². The molecule has 3 N–H and O–H groups in total. The predicted molar refractivity (Wildman–Crippen MR) is 110 cm³/mol. The molecule has 0 fully saturated rings. The number of nitrogens with one attached hydrogen (secondary N) is 1. The van der Waals surface area contributed by atoms with Gasteiger partial charge >= 0.3 is 12.3 Å². The lowest BCUT2D eigenvalue weighted by atomic mass is 9.83. The molecule has 0 aliphatic heterocycles. The summed E-state index contributed by atoms with van der Waals surface area (Å²) in [5.41, 5.74) is 2.85. The highest BCUT2D eigenvalue weighted by Gasteiger charge is 2.38. The average Bonchev–Trinajstić information content (AvgIpc) is 2.61. The molecule has 0 saturated carbocycles. The Labute approximate surface area is 175 Å². The van der Waals surface area contributed by atoms with Crippen LogP contribution in [0.5, 0.6) is 5.75 Å². The summed E-state index contributed by atoms with van der Waals surface area (Å²) in [6.45, 7) is 8.19. The van der Waals surface area contributed by atoms with Crippen molar-refractivity contribution < 1.29 is 27.4 Å². The monoisotopic (exact) mass is 429 g/mol. The van der Waals surface area contributed by atoms with E-state index in [-0.39, 0.29) is 18.7 Å². The molecule has 1 amide bonds. The Balaban J connectivity index is 3.03. The third-order valence-electron chi connectivity index (χ3n) is 4.05. The Morgan fingerprint density at radius 3 is 2.17 bits per heavy atom. The fraction of sp³-hybridized carbons (Fsp3) is 0.524. The number of benzene rings is 1. The van der Waals surface area contributed by atoms with Crippen molar-refractivity contribution in [2.45, 2.75) is 52.9 Å². The van der Waals surface area contributed by atoms with Gasteiger partial charge in [0.2, 0.25) is 0 Å². The summed E-state index contributed by atoms with van der Waals surface area (Å²) in [7, 11) is 1.54. The zero-order chi connectivity index (χ0) is 23.2. The first-order chi connectivity index (χ1) is 13.7. The molecule has 0 aliphatic carbocycles. The normalized spacial score (nSPS) is 13.8. The fourth-order valence-electron chi connectivity index (χ4n) is 2.44. The minimum Gasteiger partial charge on any atom is -0.497 e. The molecule has 0 saturated heterocycles. The summed E-state index contributed by atoms with van der Waals surface area (Å²) in [6, 6.07) is 7.00. The number of carbonyl (C=O) groups is 1. The van der Waals surface area contributed by atoms with Gasteiger partial charge in [0, 0.05) is 23.7 Å². The summed E-state index contributed by atoms with van der Waals surface area (Å²) in [4.78, 5) is 16.0. The van der Waals surface area contributed by atoms with Crippen molar-refractivity contribution in [2.24, 2.45) is 16.1 Å². The molecule has 0 spiro atoms. The van der Waals surface area contributed by atoms with Gasteiger partial charge in [0.1, 0.15) is 17.0 Å². The first kappa shape index (κ1) is 25.3. The second-order valence-electron chi connectivity index (χ2n) is 8.38. The van der Waals surface area contributed by atoms with Crippen LogP contribution < -0.4 is 15.8 Å². The van der Waals surface area contributed by atoms with Crippen LogP contribution in [-0.4, -0.2) is 37.7 Å². The molecule has 0 heterocycles. The van der Waals surface area contributed by atoms with Crippen LogP contribution in [0.2, 0.25) is 0 Å². The third-order valence-corrected chi connectivity index (χ3v) is 4.05. The van der Waals surface area contributed by atoms with Crippen LogP contribution >= 0.6 is 0 Å². The van der Waals surface area contributed by atoms with Gasteiger partial charge in [-0.05, 0) is 38.5 Å². The van der Waals surface area contributed by atoms with Crippen molar-refractivity contribution in [2.75, 3.05) is 13.7 Å². The second-order valence-corrected chi connectivity index (χ2v) is 8.38. The van der Waals surface area contributed by atoms with Gasteiger partial charge in [0.15, 0.2) is 0 Å². The number of aliphatic imine (C=N–C) groups is 1. The Morgan fingerprint density at radius 1 is 1.13 bits per heavy atom. The number of methoxy groups -OCH3 is 1. The average molecular weight is 429 g/mol. The summed E-state index contributed by atoms with van der Waals surface area (Å²) < 4.78 is 50.1. The van der Waals surface area contributed by atoms with Crippen molar-refractivity contribution in [1.82, 2.24) is 5.32 Å². The van der Waals surface area contributed by atoms with Crippen LogP contribution in [0.4, 0.5) is 18.0 Å². The zero-order valence-electron chi connectivity index (χ0n) is 18.2. The van der Waals surface area contributed by atoms with Gasteiger partial charge in [-0.3, -0.25) is 4.99 Å². The summed E-state index contributed by atoms with van der Waals surface area (Å²) >= 11 is 0. The van der Waals surface area contributed by atoms with E-state index in [9.17, 15) is 18.0 Å². The smallest absolute Gasteiger partial charge is 0.431 e. The molecule has 168 valence electrons. The van der Waals surface area contributed by atoms with Crippen molar-refractivity contribution >= 4 is 12.3 Å². The number of alkyl halides is 3. The van der Waals surface area contributed by atoms with E-state index in [0.717, 1.165) is 11.8 Å². The van der Waals surface area contributed by atoms with E-state index in [1.54, 1.807) is 45.0 Å². The standard InChI is InChI=1S/C21H30F3N3O3/c1-19(2,3)30-18(28)27-13-20(4,5)16(17(25)21(22,23)24)12-26-11-14-7-9-15(29-6)10-8-14/h7-10,12H,11,13,25H2,1-6H3,(H,27,28). The van der Waals surface area contributed by atoms with E-state index >= 15 is 0 Å². The van der Waals surface area contributed by atoms with Gasteiger partial charge in [0.05, 0.1) is 13.7 Å². The van der Waals surface area contributed by atoms with Crippen molar-refractivity contribution in [3.63, 3.8) is 0 Å². The molecule has 1 aromatic rings. The number of ether oxygens (including phenoxy) is 2. The maximum absolute atomic E-state index is 13.3. The van der Waals surface area contributed by atoms with E-state index in [0.29, 0.717) is 5.75 Å². The summed E-state index contributed by atoms with van der Waals surface area (Å²) in [5.74, 6) is 0.666. The quantitative estimate of drug-likeness (QED) is 0.621. The number of nitrogens with zero attached hydrogens (tertiary/aromatic N) is 1. The van der Waals surface area contributed by atoms with E-state index in [4.69, 9.17) is 15.2 Å².